The van der Waals surface area contributed by atoms with Crippen molar-refractivity contribution in [2.75, 3.05) is 39.8 Å². The van der Waals surface area contributed by atoms with Crippen LogP contribution in [0.15, 0.2) is 0 Å². The molecule has 1 aliphatic carbocycles. The van der Waals surface area contributed by atoms with Gasteiger partial charge in [0.25, 0.3) is 0 Å². The highest BCUT2D eigenvalue weighted by atomic mass is 16.5. The Kier molecular flexibility index (Phi) is 4.20. The number of methoxy groups -OCH3 is 1. The summed E-state index contributed by atoms with van der Waals surface area (Å²) < 4.78 is 5.05. The molecule has 0 bridgehead atoms. The first-order chi connectivity index (χ1) is 10.2. The van der Waals surface area contributed by atoms with Crippen LogP contribution in [0.3, 0.4) is 0 Å². The fourth-order valence-electron chi connectivity index (χ4n) is 4.49. The Labute approximate surface area is 126 Å². The van der Waals surface area contributed by atoms with Crippen molar-refractivity contribution in [2.24, 2.45) is 11.3 Å². The van der Waals surface area contributed by atoms with E-state index in [-0.39, 0.29) is 17.3 Å². The van der Waals surface area contributed by atoms with E-state index in [1.54, 1.807) is 0 Å². The molecule has 2 saturated heterocycles. The quantitative estimate of drug-likeness (QED) is 0.736. The minimum Gasteiger partial charge on any atom is -0.469 e. The SMILES string of the molecule is COC(=O)[C@]12CCC[C@@H]1CN(CC(=O)N1CCCCC1)C2. The molecule has 3 fully saturated rings. The van der Waals surface area contributed by atoms with Crippen LogP contribution in [0.2, 0.25) is 0 Å². The van der Waals surface area contributed by atoms with Gasteiger partial charge >= 0.3 is 5.97 Å². The maximum atomic E-state index is 12.4. The lowest BCUT2D eigenvalue weighted by atomic mass is 9.81. The molecule has 0 spiro atoms. The van der Waals surface area contributed by atoms with Gasteiger partial charge in [-0.2, -0.15) is 0 Å². The molecule has 2 heterocycles. The van der Waals surface area contributed by atoms with E-state index in [0.717, 1.165) is 51.7 Å². The lowest BCUT2D eigenvalue weighted by Gasteiger charge is -2.29. The largest absolute Gasteiger partial charge is 0.469 e. The second-order valence-corrected chi connectivity index (χ2v) is 6.85. The lowest BCUT2D eigenvalue weighted by molar-refractivity contribution is -0.153. The molecule has 118 valence electrons. The van der Waals surface area contributed by atoms with Gasteiger partial charge in [-0.15, -0.1) is 0 Å². The third kappa shape index (κ3) is 2.68. The van der Waals surface area contributed by atoms with Crippen LogP contribution in [-0.2, 0) is 14.3 Å². The number of ether oxygens (including phenoxy) is 1. The highest BCUT2D eigenvalue weighted by Gasteiger charge is 2.55. The second-order valence-electron chi connectivity index (χ2n) is 6.85. The Morgan fingerprint density at radius 2 is 1.95 bits per heavy atom. The number of carbonyl (C=O) groups is 2. The zero-order valence-corrected chi connectivity index (χ0v) is 13.0. The third-order valence-electron chi connectivity index (χ3n) is 5.60. The number of piperidine rings is 1. The molecule has 1 saturated carbocycles. The fourth-order valence-corrected chi connectivity index (χ4v) is 4.49. The van der Waals surface area contributed by atoms with Crippen molar-refractivity contribution in [1.82, 2.24) is 9.80 Å². The molecule has 0 aromatic rings. The molecular formula is C16H26N2O3. The van der Waals surface area contributed by atoms with Crippen molar-refractivity contribution in [3.05, 3.63) is 0 Å². The van der Waals surface area contributed by atoms with Gasteiger partial charge in [-0.1, -0.05) is 6.42 Å². The van der Waals surface area contributed by atoms with Crippen molar-refractivity contribution in [3.8, 4) is 0 Å². The van der Waals surface area contributed by atoms with Crippen LogP contribution in [0.4, 0.5) is 0 Å². The predicted octanol–water partition coefficient (Wildman–Crippen LogP) is 1.27. The summed E-state index contributed by atoms with van der Waals surface area (Å²) in [6.07, 6.45) is 6.60. The summed E-state index contributed by atoms with van der Waals surface area (Å²) >= 11 is 0. The van der Waals surface area contributed by atoms with Crippen LogP contribution >= 0.6 is 0 Å². The maximum absolute atomic E-state index is 12.4. The number of nitrogens with zero attached hydrogens (tertiary/aromatic N) is 2. The predicted molar refractivity (Wildman–Crippen MR) is 78.7 cm³/mol. The van der Waals surface area contributed by atoms with E-state index in [9.17, 15) is 9.59 Å². The van der Waals surface area contributed by atoms with E-state index < -0.39 is 0 Å². The molecule has 5 nitrogen and oxygen atoms in total. The van der Waals surface area contributed by atoms with E-state index in [1.807, 2.05) is 4.90 Å². The van der Waals surface area contributed by atoms with Gasteiger partial charge in [0.1, 0.15) is 0 Å². The summed E-state index contributed by atoms with van der Waals surface area (Å²) in [5.74, 6) is 0.534. The number of likely N-dealkylation sites (tertiary alicyclic amines) is 2. The Bertz CT molecular complexity index is 420. The monoisotopic (exact) mass is 294 g/mol. The first-order valence-corrected chi connectivity index (χ1v) is 8.24. The molecule has 0 unspecified atom stereocenters. The molecule has 3 rings (SSSR count). The average Bonchev–Trinajstić information content (AvgIpc) is 3.04. The van der Waals surface area contributed by atoms with Crippen LogP contribution in [0, 0.1) is 11.3 Å². The van der Waals surface area contributed by atoms with Gasteiger partial charge in [0.2, 0.25) is 5.91 Å². The number of amides is 1. The van der Waals surface area contributed by atoms with Crippen LogP contribution in [0.5, 0.6) is 0 Å². The van der Waals surface area contributed by atoms with Crippen LogP contribution in [-0.4, -0.2) is 61.5 Å². The van der Waals surface area contributed by atoms with E-state index in [0.29, 0.717) is 19.0 Å². The molecule has 2 atom stereocenters. The Hall–Kier alpha value is -1.10. The molecule has 3 aliphatic rings. The van der Waals surface area contributed by atoms with Crippen molar-refractivity contribution in [2.45, 2.75) is 38.5 Å². The fraction of sp³-hybridized carbons (Fsp3) is 0.875. The van der Waals surface area contributed by atoms with Crippen molar-refractivity contribution < 1.29 is 14.3 Å². The number of hydrogen-bond acceptors (Lipinski definition) is 4. The number of fused-ring (bicyclic) bond motifs is 1. The summed E-state index contributed by atoms with van der Waals surface area (Å²) in [4.78, 5) is 28.8. The Morgan fingerprint density at radius 1 is 1.19 bits per heavy atom. The normalized spacial score (nSPS) is 33.0. The van der Waals surface area contributed by atoms with E-state index >= 15 is 0 Å². The van der Waals surface area contributed by atoms with Crippen LogP contribution in [0.1, 0.15) is 38.5 Å². The summed E-state index contributed by atoms with van der Waals surface area (Å²) in [7, 11) is 1.48. The van der Waals surface area contributed by atoms with Gasteiger partial charge in [-0.05, 0) is 38.0 Å². The lowest BCUT2D eigenvalue weighted by Crippen LogP contribution is -2.43. The van der Waals surface area contributed by atoms with E-state index in [1.165, 1.54) is 13.5 Å². The molecule has 0 aromatic carbocycles. The average molecular weight is 294 g/mol. The molecule has 5 heteroatoms. The second kappa shape index (κ2) is 5.95. The van der Waals surface area contributed by atoms with Crippen molar-refractivity contribution >= 4 is 11.9 Å². The van der Waals surface area contributed by atoms with Crippen LogP contribution < -0.4 is 0 Å². The number of hydrogen-bond donors (Lipinski definition) is 0. The van der Waals surface area contributed by atoms with E-state index in [2.05, 4.69) is 4.90 Å². The van der Waals surface area contributed by atoms with Crippen molar-refractivity contribution in [1.29, 1.82) is 0 Å². The molecule has 2 aliphatic heterocycles. The van der Waals surface area contributed by atoms with Crippen molar-refractivity contribution in [3.63, 3.8) is 0 Å². The number of rotatable bonds is 3. The molecule has 0 aromatic heterocycles. The molecule has 0 N–H and O–H groups in total. The van der Waals surface area contributed by atoms with Gasteiger partial charge < -0.3 is 9.64 Å². The number of carbonyl (C=O) groups excluding carboxylic acids is 2. The Morgan fingerprint density at radius 3 is 2.67 bits per heavy atom. The summed E-state index contributed by atoms with van der Waals surface area (Å²) in [5, 5.41) is 0. The van der Waals surface area contributed by atoms with E-state index in [4.69, 9.17) is 4.74 Å². The minimum atomic E-state index is -0.336. The van der Waals surface area contributed by atoms with Gasteiger partial charge in [0.15, 0.2) is 0 Å². The summed E-state index contributed by atoms with van der Waals surface area (Å²) in [6, 6.07) is 0. The first-order valence-electron chi connectivity index (χ1n) is 8.24. The molecule has 1 amide bonds. The number of esters is 1. The standard InChI is InChI=1S/C16H26N2O3/c1-21-15(20)16-7-5-6-13(16)10-17(12-16)11-14(19)18-8-3-2-4-9-18/h13H,2-12H2,1H3/t13-,16+/m1/s1. The molecular weight excluding hydrogens is 268 g/mol. The highest BCUT2D eigenvalue weighted by Crippen LogP contribution is 2.49. The highest BCUT2D eigenvalue weighted by molar-refractivity contribution is 5.80. The van der Waals surface area contributed by atoms with Gasteiger partial charge in [0.05, 0.1) is 19.1 Å². The molecule has 21 heavy (non-hydrogen) atoms. The van der Waals surface area contributed by atoms with Gasteiger partial charge in [-0.25, -0.2) is 0 Å². The maximum Gasteiger partial charge on any atom is 0.313 e. The van der Waals surface area contributed by atoms with Crippen LogP contribution in [0.25, 0.3) is 0 Å². The zero-order valence-electron chi connectivity index (χ0n) is 13.0. The van der Waals surface area contributed by atoms with Gasteiger partial charge in [0, 0.05) is 26.2 Å². The van der Waals surface area contributed by atoms with Gasteiger partial charge in [-0.3, -0.25) is 14.5 Å². The zero-order chi connectivity index (χ0) is 14.9. The third-order valence-corrected chi connectivity index (χ3v) is 5.60. The minimum absolute atomic E-state index is 0.0714. The summed E-state index contributed by atoms with van der Waals surface area (Å²) in [5.41, 5.74) is -0.336. The first kappa shape index (κ1) is 14.8. The topological polar surface area (TPSA) is 49.9 Å². The summed E-state index contributed by atoms with van der Waals surface area (Å²) in [6.45, 7) is 3.84. The smallest absolute Gasteiger partial charge is 0.313 e. The molecule has 0 radical (unpaired) electrons. The Balaban J connectivity index is 1.61.